The molecule has 2 aromatic rings. The van der Waals surface area contributed by atoms with Crippen LogP contribution in [0.2, 0.25) is 0 Å². The van der Waals surface area contributed by atoms with E-state index in [1.54, 1.807) is 19.9 Å². The summed E-state index contributed by atoms with van der Waals surface area (Å²) < 4.78 is 11.1. The highest BCUT2D eigenvalue weighted by atomic mass is 16.6. The number of hydrogen-bond acceptors (Lipinski definition) is 7. The van der Waals surface area contributed by atoms with Crippen molar-refractivity contribution in [3.05, 3.63) is 71.8 Å². The average Bonchev–Trinajstić information content (AvgIpc) is 3.30. The second-order valence-corrected chi connectivity index (χ2v) is 10.9. The van der Waals surface area contributed by atoms with E-state index in [1.807, 2.05) is 42.5 Å². The first kappa shape index (κ1) is 30.8. The van der Waals surface area contributed by atoms with Crippen LogP contribution in [-0.2, 0) is 23.9 Å². The van der Waals surface area contributed by atoms with Gasteiger partial charge < -0.3 is 30.5 Å². The van der Waals surface area contributed by atoms with E-state index in [2.05, 4.69) is 28.1 Å². The molecule has 4 rings (SSSR count). The predicted molar refractivity (Wildman–Crippen MR) is 156 cm³/mol. The molecule has 0 saturated carbocycles. The number of nitrogens with one attached hydrogen (secondary N) is 3. The summed E-state index contributed by atoms with van der Waals surface area (Å²) in [4.78, 5) is 50.9. The highest BCUT2D eigenvalue weighted by molar-refractivity contribution is 5.86. The zero-order valence-electron chi connectivity index (χ0n) is 24.0. The minimum absolute atomic E-state index is 0.0410. The molecule has 0 spiro atoms. The Morgan fingerprint density at radius 2 is 1.74 bits per heavy atom. The van der Waals surface area contributed by atoms with Crippen molar-refractivity contribution in [3.63, 3.8) is 0 Å². The van der Waals surface area contributed by atoms with E-state index in [1.165, 1.54) is 0 Å². The standard InChI is InChI=1S/C32H39N3O7/c1-20(18-36)34-29(37)16-22-10-4-3-5-15-28(31(39)42-21(2)17-33-30(22)38)35-32(40)41-19-27-25-13-8-6-11-23(25)24-12-7-9-14-26(24)27/h3-4,6-9,11-14,20-22,27-28,36H,5,10,15-19H2,1-2H3,(H,33,38)(H,34,37)(H,35,40)/t20-,21-,22+,28-/m0/s1. The zero-order chi connectivity index (χ0) is 30.1. The first-order valence-electron chi connectivity index (χ1n) is 14.4. The lowest BCUT2D eigenvalue weighted by Gasteiger charge is -2.21. The minimum Gasteiger partial charge on any atom is -0.459 e. The van der Waals surface area contributed by atoms with Crippen molar-refractivity contribution in [2.75, 3.05) is 19.8 Å². The second kappa shape index (κ2) is 14.6. The van der Waals surface area contributed by atoms with Gasteiger partial charge in [-0.3, -0.25) is 9.59 Å². The summed E-state index contributed by atoms with van der Waals surface area (Å²) in [5, 5.41) is 17.2. The molecule has 1 aliphatic carbocycles. The third-order valence-electron chi connectivity index (χ3n) is 7.49. The molecule has 0 radical (unpaired) electrons. The summed E-state index contributed by atoms with van der Waals surface area (Å²) >= 11 is 0. The molecule has 42 heavy (non-hydrogen) atoms. The fraction of sp³-hybridized carbons (Fsp3) is 0.438. The van der Waals surface area contributed by atoms with Gasteiger partial charge in [0, 0.05) is 18.4 Å². The van der Waals surface area contributed by atoms with E-state index in [4.69, 9.17) is 9.47 Å². The first-order chi connectivity index (χ1) is 20.3. The van der Waals surface area contributed by atoms with Crippen LogP contribution in [0.4, 0.5) is 4.79 Å². The van der Waals surface area contributed by atoms with Gasteiger partial charge in [-0.25, -0.2) is 9.59 Å². The van der Waals surface area contributed by atoms with Gasteiger partial charge >= 0.3 is 12.1 Å². The minimum atomic E-state index is -0.939. The normalized spacial score (nSPS) is 21.7. The average molecular weight is 578 g/mol. The predicted octanol–water partition coefficient (Wildman–Crippen LogP) is 3.19. The lowest BCUT2D eigenvalue weighted by molar-refractivity contribution is -0.151. The van der Waals surface area contributed by atoms with Crippen LogP contribution < -0.4 is 16.0 Å². The topological polar surface area (TPSA) is 143 Å². The summed E-state index contributed by atoms with van der Waals surface area (Å²) in [5.74, 6) is -2.01. The Bertz CT molecular complexity index is 1270. The van der Waals surface area contributed by atoms with Crippen LogP contribution in [-0.4, -0.2) is 66.9 Å². The van der Waals surface area contributed by atoms with Crippen molar-refractivity contribution in [1.82, 2.24) is 16.0 Å². The van der Waals surface area contributed by atoms with Crippen LogP contribution in [0, 0.1) is 5.92 Å². The van der Waals surface area contributed by atoms with E-state index < -0.39 is 36.2 Å². The molecule has 2 aliphatic rings. The van der Waals surface area contributed by atoms with Crippen molar-refractivity contribution in [2.24, 2.45) is 5.92 Å². The molecular formula is C32H39N3O7. The van der Waals surface area contributed by atoms with Crippen molar-refractivity contribution in [2.45, 2.75) is 63.6 Å². The van der Waals surface area contributed by atoms with Crippen molar-refractivity contribution in [3.8, 4) is 11.1 Å². The third kappa shape index (κ3) is 7.97. The second-order valence-electron chi connectivity index (χ2n) is 10.9. The maximum Gasteiger partial charge on any atom is 0.407 e. The molecular weight excluding hydrogens is 538 g/mol. The number of hydrogen-bond donors (Lipinski definition) is 4. The molecule has 0 fully saturated rings. The number of amides is 3. The number of aliphatic hydroxyl groups excluding tert-OH is 1. The molecule has 0 bridgehead atoms. The summed E-state index contributed by atoms with van der Waals surface area (Å²) in [7, 11) is 0. The molecule has 2 aromatic carbocycles. The Hall–Kier alpha value is -4.18. The van der Waals surface area contributed by atoms with Gasteiger partial charge in [0.1, 0.15) is 18.8 Å². The fourth-order valence-electron chi connectivity index (χ4n) is 5.27. The van der Waals surface area contributed by atoms with Crippen LogP contribution >= 0.6 is 0 Å². The number of ether oxygens (including phenoxy) is 2. The van der Waals surface area contributed by atoms with Crippen LogP contribution in [0.1, 0.15) is 56.6 Å². The van der Waals surface area contributed by atoms with Crippen molar-refractivity contribution in [1.29, 1.82) is 0 Å². The Morgan fingerprint density at radius 3 is 2.40 bits per heavy atom. The fourth-order valence-corrected chi connectivity index (χ4v) is 5.27. The summed E-state index contributed by atoms with van der Waals surface area (Å²) in [6, 6.07) is 14.7. The monoisotopic (exact) mass is 577 g/mol. The SMILES string of the molecule is C[C@@H](CO)NC(=O)C[C@H]1CC=CCC[C@H](NC(=O)OCC2c3ccccc3-c3ccccc32)C(=O)O[C@@H](C)CNC1=O. The van der Waals surface area contributed by atoms with Gasteiger partial charge in [0.25, 0.3) is 0 Å². The van der Waals surface area contributed by atoms with Crippen LogP contribution in [0.25, 0.3) is 11.1 Å². The highest BCUT2D eigenvalue weighted by Gasteiger charge is 2.30. The number of esters is 1. The van der Waals surface area contributed by atoms with Crippen molar-refractivity contribution >= 4 is 23.9 Å². The summed E-state index contributed by atoms with van der Waals surface area (Å²) in [5.41, 5.74) is 4.42. The maximum absolute atomic E-state index is 13.0. The molecule has 4 atom stereocenters. The van der Waals surface area contributed by atoms with Gasteiger partial charge in [0.15, 0.2) is 0 Å². The number of allylic oxidation sites excluding steroid dienone is 2. The number of carbonyl (C=O) groups is 4. The Kier molecular flexibility index (Phi) is 10.7. The van der Waals surface area contributed by atoms with E-state index in [-0.39, 0.29) is 50.3 Å². The van der Waals surface area contributed by atoms with Gasteiger partial charge in [-0.2, -0.15) is 0 Å². The molecule has 10 heteroatoms. The molecule has 0 saturated heterocycles. The van der Waals surface area contributed by atoms with Crippen LogP contribution in [0.5, 0.6) is 0 Å². The highest BCUT2D eigenvalue weighted by Crippen LogP contribution is 2.44. The van der Waals surface area contributed by atoms with Gasteiger partial charge in [0.05, 0.1) is 19.1 Å². The van der Waals surface area contributed by atoms with E-state index >= 15 is 0 Å². The number of aliphatic hydroxyl groups is 1. The van der Waals surface area contributed by atoms with Gasteiger partial charge in [0.2, 0.25) is 11.8 Å². The first-order valence-corrected chi connectivity index (χ1v) is 14.4. The molecule has 0 unspecified atom stereocenters. The smallest absolute Gasteiger partial charge is 0.407 e. The van der Waals surface area contributed by atoms with E-state index in [0.717, 1.165) is 22.3 Å². The largest absolute Gasteiger partial charge is 0.459 e. The van der Waals surface area contributed by atoms with Gasteiger partial charge in [-0.15, -0.1) is 0 Å². The van der Waals surface area contributed by atoms with E-state index in [0.29, 0.717) is 12.8 Å². The van der Waals surface area contributed by atoms with Gasteiger partial charge in [-0.05, 0) is 55.4 Å². The number of cyclic esters (lactones) is 1. The Labute approximate surface area is 245 Å². The molecule has 4 N–H and O–H groups in total. The molecule has 1 aliphatic heterocycles. The number of alkyl carbamates (subject to hydrolysis) is 1. The van der Waals surface area contributed by atoms with Crippen LogP contribution in [0.3, 0.4) is 0 Å². The molecule has 1 heterocycles. The number of carbonyl (C=O) groups excluding carboxylic acids is 4. The Morgan fingerprint density at radius 1 is 1.07 bits per heavy atom. The number of benzene rings is 2. The molecule has 224 valence electrons. The lowest BCUT2D eigenvalue weighted by Crippen LogP contribution is -2.45. The van der Waals surface area contributed by atoms with Crippen molar-refractivity contribution < 1.29 is 33.8 Å². The zero-order valence-corrected chi connectivity index (χ0v) is 24.0. The molecule has 0 aromatic heterocycles. The van der Waals surface area contributed by atoms with Gasteiger partial charge in [-0.1, -0.05) is 60.7 Å². The Balaban J connectivity index is 1.36. The third-order valence-corrected chi connectivity index (χ3v) is 7.49. The quantitative estimate of drug-likeness (QED) is 0.292. The van der Waals surface area contributed by atoms with Crippen LogP contribution in [0.15, 0.2) is 60.7 Å². The maximum atomic E-state index is 13.0. The summed E-state index contributed by atoms with van der Waals surface area (Å²) in [6.45, 7) is 3.29. The molecule has 3 amide bonds. The lowest BCUT2D eigenvalue weighted by atomic mass is 9.98. The summed E-state index contributed by atoms with van der Waals surface area (Å²) in [6.07, 6.45) is 3.22. The van der Waals surface area contributed by atoms with E-state index in [9.17, 15) is 24.3 Å². The molecule has 10 nitrogen and oxygen atoms in total. The number of fused-ring (bicyclic) bond motifs is 3. The number of rotatable bonds is 7.